The van der Waals surface area contributed by atoms with Gasteiger partial charge in [-0.05, 0) is 32.0 Å². The van der Waals surface area contributed by atoms with E-state index in [1.54, 1.807) is 6.92 Å². The number of aliphatic hydroxyl groups is 1. The Kier molecular flexibility index (Phi) is 6.75. The molecule has 1 N–H and O–H groups in total. The molecule has 1 atom stereocenters. The molecule has 0 bridgehead atoms. The van der Waals surface area contributed by atoms with Crippen LogP contribution in [-0.4, -0.2) is 41.5 Å². The number of unbranched alkanes of at least 4 members (excludes halogenated alkanes) is 1. The Bertz CT molecular complexity index is 451. The standard InChI is InChI=1S/C15H21F2NO2/c1-3-4-7-18(8-9-19)11(2)15(20)13-6-5-12(16)10-14(13)17/h5-6,10-11,19H,3-4,7-9H2,1-2H3. The predicted molar refractivity (Wildman–Crippen MR) is 73.7 cm³/mol. The molecule has 1 aromatic carbocycles. The minimum atomic E-state index is -0.846. The fraction of sp³-hybridized carbons (Fsp3) is 0.533. The average molecular weight is 285 g/mol. The number of rotatable bonds is 8. The Morgan fingerprint density at radius 2 is 2.05 bits per heavy atom. The smallest absolute Gasteiger partial charge is 0.182 e. The van der Waals surface area contributed by atoms with Crippen molar-refractivity contribution in [1.29, 1.82) is 0 Å². The Hall–Kier alpha value is -1.33. The van der Waals surface area contributed by atoms with Crippen LogP contribution in [0.25, 0.3) is 0 Å². The lowest BCUT2D eigenvalue weighted by Crippen LogP contribution is -2.41. The molecule has 1 aromatic rings. The van der Waals surface area contributed by atoms with Crippen LogP contribution >= 0.6 is 0 Å². The maximum Gasteiger partial charge on any atom is 0.182 e. The van der Waals surface area contributed by atoms with Gasteiger partial charge < -0.3 is 5.11 Å². The van der Waals surface area contributed by atoms with Crippen LogP contribution in [0, 0.1) is 11.6 Å². The molecule has 5 heteroatoms. The third-order valence-corrected chi connectivity index (χ3v) is 3.31. The molecule has 0 aliphatic heterocycles. The second-order valence-electron chi connectivity index (χ2n) is 4.78. The van der Waals surface area contributed by atoms with E-state index in [-0.39, 0.29) is 12.2 Å². The second-order valence-corrected chi connectivity index (χ2v) is 4.78. The lowest BCUT2D eigenvalue weighted by molar-refractivity contribution is 0.0801. The molecule has 3 nitrogen and oxygen atoms in total. The minimum absolute atomic E-state index is 0.0623. The van der Waals surface area contributed by atoms with Crippen molar-refractivity contribution in [2.45, 2.75) is 32.7 Å². The average Bonchev–Trinajstić information content (AvgIpc) is 2.42. The molecule has 20 heavy (non-hydrogen) atoms. The molecule has 0 radical (unpaired) electrons. The van der Waals surface area contributed by atoms with Gasteiger partial charge in [0.2, 0.25) is 0 Å². The number of hydrogen-bond acceptors (Lipinski definition) is 3. The van der Waals surface area contributed by atoms with Crippen LogP contribution in [0.3, 0.4) is 0 Å². The minimum Gasteiger partial charge on any atom is -0.395 e. The highest BCUT2D eigenvalue weighted by Crippen LogP contribution is 2.15. The molecule has 0 amide bonds. The highest BCUT2D eigenvalue weighted by atomic mass is 19.1. The van der Waals surface area contributed by atoms with Gasteiger partial charge in [0.05, 0.1) is 18.2 Å². The van der Waals surface area contributed by atoms with Crippen LogP contribution in [-0.2, 0) is 0 Å². The Labute approximate surface area is 118 Å². The quantitative estimate of drug-likeness (QED) is 0.746. The van der Waals surface area contributed by atoms with E-state index in [1.165, 1.54) is 6.07 Å². The molecular formula is C15H21F2NO2. The first-order valence-electron chi connectivity index (χ1n) is 6.85. The van der Waals surface area contributed by atoms with Crippen molar-refractivity contribution in [3.63, 3.8) is 0 Å². The van der Waals surface area contributed by atoms with Gasteiger partial charge in [-0.15, -0.1) is 0 Å². The summed E-state index contributed by atoms with van der Waals surface area (Å²) in [7, 11) is 0. The fourth-order valence-corrected chi connectivity index (χ4v) is 2.07. The Morgan fingerprint density at radius 1 is 1.35 bits per heavy atom. The van der Waals surface area contributed by atoms with Crippen molar-refractivity contribution in [1.82, 2.24) is 4.90 Å². The van der Waals surface area contributed by atoms with Gasteiger partial charge in [0.25, 0.3) is 0 Å². The molecule has 0 aliphatic rings. The number of aliphatic hydroxyl groups excluding tert-OH is 1. The van der Waals surface area contributed by atoms with Gasteiger partial charge in [0.15, 0.2) is 5.78 Å². The molecule has 1 unspecified atom stereocenters. The first kappa shape index (κ1) is 16.7. The van der Waals surface area contributed by atoms with Crippen molar-refractivity contribution in [2.75, 3.05) is 19.7 Å². The second kappa shape index (κ2) is 8.07. The lowest BCUT2D eigenvalue weighted by Gasteiger charge is -2.27. The van der Waals surface area contributed by atoms with Crippen LogP contribution in [0.5, 0.6) is 0 Å². The molecule has 112 valence electrons. The van der Waals surface area contributed by atoms with Gasteiger partial charge >= 0.3 is 0 Å². The lowest BCUT2D eigenvalue weighted by atomic mass is 10.0. The van der Waals surface area contributed by atoms with E-state index in [0.717, 1.165) is 18.9 Å². The highest BCUT2D eigenvalue weighted by molar-refractivity contribution is 6.00. The van der Waals surface area contributed by atoms with Gasteiger partial charge in [0.1, 0.15) is 11.6 Å². The van der Waals surface area contributed by atoms with Crippen LogP contribution in [0.4, 0.5) is 8.78 Å². The van der Waals surface area contributed by atoms with Gasteiger partial charge in [-0.25, -0.2) is 8.78 Å². The molecule has 0 aromatic heterocycles. The van der Waals surface area contributed by atoms with Crippen LogP contribution in [0.1, 0.15) is 37.0 Å². The molecule has 0 aliphatic carbocycles. The van der Waals surface area contributed by atoms with Crippen molar-refractivity contribution in [3.05, 3.63) is 35.4 Å². The zero-order valence-electron chi connectivity index (χ0n) is 11.9. The summed E-state index contributed by atoms with van der Waals surface area (Å²) in [5.74, 6) is -1.95. The topological polar surface area (TPSA) is 40.5 Å². The number of carbonyl (C=O) groups excluding carboxylic acids is 1. The molecule has 0 saturated carbocycles. The summed E-state index contributed by atoms with van der Waals surface area (Å²) in [4.78, 5) is 14.1. The number of Topliss-reactive ketones (excluding diaryl/α,β-unsaturated/α-hetero) is 1. The largest absolute Gasteiger partial charge is 0.395 e. The Balaban J connectivity index is 2.86. The number of carbonyl (C=O) groups is 1. The zero-order valence-corrected chi connectivity index (χ0v) is 11.9. The fourth-order valence-electron chi connectivity index (χ4n) is 2.07. The van der Waals surface area contributed by atoms with Gasteiger partial charge in [0, 0.05) is 12.6 Å². The first-order chi connectivity index (χ1) is 9.51. The molecule has 1 rings (SSSR count). The van der Waals surface area contributed by atoms with E-state index in [0.29, 0.717) is 19.2 Å². The van der Waals surface area contributed by atoms with Crippen molar-refractivity contribution in [2.24, 2.45) is 0 Å². The summed E-state index contributed by atoms with van der Waals surface area (Å²) in [6.45, 7) is 4.66. The maximum atomic E-state index is 13.6. The van der Waals surface area contributed by atoms with Crippen LogP contribution < -0.4 is 0 Å². The van der Waals surface area contributed by atoms with Gasteiger partial charge in [-0.2, -0.15) is 0 Å². The van der Waals surface area contributed by atoms with E-state index in [4.69, 9.17) is 5.11 Å². The van der Waals surface area contributed by atoms with E-state index in [2.05, 4.69) is 0 Å². The molecule has 0 saturated heterocycles. The number of benzene rings is 1. The van der Waals surface area contributed by atoms with Crippen LogP contribution in [0.15, 0.2) is 18.2 Å². The predicted octanol–water partition coefficient (Wildman–Crippen LogP) is 2.63. The maximum absolute atomic E-state index is 13.6. The van der Waals surface area contributed by atoms with E-state index < -0.39 is 23.5 Å². The van der Waals surface area contributed by atoms with E-state index in [9.17, 15) is 13.6 Å². The van der Waals surface area contributed by atoms with Gasteiger partial charge in [-0.1, -0.05) is 13.3 Å². The molecule has 0 heterocycles. The summed E-state index contributed by atoms with van der Waals surface area (Å²) < 4.78 is 26.5. The number of halogens is 2. The SMILES string of the molecule is CCCCN(CCO)C(C)C(=O)c1ccc(F)cc1F. The van der Waals surface area contributed by atoms with Crippen LogP contribution in [0.2, 0.25) is 0 Å². The number of nitrogens with zero attached hydrogens (tertiary/aromatic N) is 1. The Morgan fingerprint density at radius 3 is 2.60 bits per heavy atom. The number of hydrogen-bond donors (Lipinski definition) is 1. The summed E-state index contributed by atoms with van der Waals surface area (Å²) in [6, 6.07) is 2.41. The molecule has 0 spiro atoms. The summed E-state index contributed by atoms with van der Waals surface area (Å²) in [5.41, 5.74) is -0.113. The summed E-state index contributed by atoms with van der Waals surface area (Å²) >= 11 is 0. The molecule has 0 fully saturated rings. The number of ketones is 1. The van der Waals surface area contributed by atoms with Crippen molar-refractivity contribution in [3.8, 4) is 0 Å². The summed E-state index contributed by atoms with van der Waals surface area (Å²) in [5, 5.41) is 9.05. The summed E-state index contributed by atoms with van der Waals surface area (Å²) in [6.07, 6.45) is 1.86. The third-order valence-electron chi connectivity index (χ3n) is 3.31. The normalized spacial score (nSPS) is 12.7. The van der Waals surface area contributed by atoms with Crippen molar-refractivity contribution >= 4 is 5.78 Å². The van der Waals surface area contributed by atoms with E-state index >= 15 is 0 Å². The third kappa shape index (κ3) is 4.35. The first-order valence-corrected chi connectivity index (χ1v) is 6.85. The van der Waals surface area contributed by atoms with Crippen molar-refractivity contribution < 1.29 is 18.7 Å². The van der Waals surface area contributed by atoms with E-state index in [1.807, 2.05) is 11.8 Å². The monoisotopic (exact) mass is 285 g/mol. The highest BCUT2D eigenvalue weighted by Gasteiger charge is 2.24. The molecular weight excluding hydrogens is 264 g/mol. The zero-order chi connectivity index (χ0) is 15.1. The van der Waals surface area contributed by atoms with Gasteiger partial charge in [-0.3, -0.25) is 9.69 Å².